The molecule has 0 saturated carbocycles. The van der Waals surface area contributed by atoms with Gasteiger partial charge in [-0.05, 0) is 35.4 Å². The van der Waals surface area contributed by atoms with Crippen molar-refractivity contribution in [2.45, 2.75) is 0 Å². The van der Waals surface area contributed by atoms with Gasteiger partial charge < -0.3 is 25.5 Å². The Labute approximate surface area is 108 Å². The number of rotatable bonds is 2. The molecule has 0 aliphatic carbocycles. The van der Waals surface area contributed by atoms with Crippen molar-refractivity contribution >= 4 is 12.2 Å². The Morgan fingerprint density at radius 1 is 0.579 bits per heavy atom. The van der Waals surface area contributed by atoms with Crippen LogP contribution in [0.5, 0.6) is 28.7 Å². The number of hydrogen-bond donors (Lipinski definition) is 5. The molecule has 0 spiro atoms. The SMILES string of the molecule is Oc1cc(O)cc(C=Cc2cc(O)c(O)c(O)c2)c1. The monoisotopic (exact) mass is 260 g/mol. The Morgan fingerprint density at radius 3 is 1.47 bits per heavy atom. The first-order valence-electron chi connectivity index (χ1n) is 5.42. The molecule has 0 bridgehead atoms. The third-order valence-corrected chi connectivity index (χ3v) is 2.49. The maximum atomic E-state index is 9.34. The third kappa shape index (κ3) is 2.90. The van der Waals surface area contributed by atoms with Crippen LogP contribution < -0.4 is 0 Å². The van der Waals surface area contributed by atoms with Crippen LogP contribution in [0, 0.1) is 0 Å². The molecule has 0 fully saturated rings. The fraction of sp³-hybridized carbons (Fsp3) is 0. The molecule has 2 rings (SSSR count). The van der Waals surface area contributed by atoms with Crippen molar-refractivity contribution in [3.63, 3.8) is 0 Å². The molecule has 5 nitrogen and oxygen atoms in total. The highest BCUT2D eigenvalue weighted by Crippen LogP contribution is 2.36. The Morgan fingerprint density at radius 2 is 1.00 bits per heavy atom. The quantitative estimate of drug-likeness (QED) is 0.421. The highest BCUT2D eigenvalue weighted by Gasteiger charge is 2.06. The van der Waals surface area contributed by atoms with Crippen molar-refractivity contribution < 1.29 is 25.5 Å². The van der Waals surface area contributed by atoms with E-state index in [1.54, 1.807) is 12.2 Å². The standard InChI is InChI=1S/C14H12O5/c15-10-3-8(4-11(16)7-10)1-2-9-5-12(17)14(19)13(18)6-9/h1-7,15-19H. The molecule has 0 heterocycles. The van der Waals surface area contributed by atoms with E-state index in [0.717, 1.165) is 0 Å². The summed E-state index contributed by atoms with van der Waals surface area (Å²) in [5.41, 5.74) is 1.00. The van der Waals surface area contributed by atoms with E-state index in [1.807, 2.05) is 0 Å². The molecule has 0 aliphatic rings. The third-order valence-electron chi connectivity index (χ3n) is 2.49. The van der Waals surface area contributed by atoms with Crippen LogP contribution in [-0.4, -0.2) is 25.5 Å². The van der Waals surface area contributed by atoms with Gasteiger partial charge in [0.2, 0.25) is 0 Å². The molecular weight excluding hydrogens is 248 g/mol. The zero-order chi connectivity index (χ0) is 14.0. The smallest absolute Gasteiger partial charge is 0.200 e. The van der Waals surface area contributed by atoms with Crippen molar-refractivity contribution in [3.05, 3.63) is 41.5 Å². The second-order valence-corrected chi connectivity index (χ2v) is 4.02. The predicted molar refractivity (Wildman–Crippen MR) is 70.1 cm³/mol. The van der Waals surface area contributed by atoms with E-state index in [4.69, 9.17) is 0 Å². The highest BCUT2D eigenvalue weighted by molar-refractivity contribution is 5.73. The summed E-state index contributed by atoms with van der Waals surface area (Å²) in [5, 5.41) is 46.5. The summed E-state index contributed by atoms with van der Waals surface area (Å²) < 4.78 is 0. The zero-order valence-corrected chi connectivity index (χ0v) is 9.78. The van der Waals surface area contributed by atoms with Crippen LogP contribution in [0.2, 0.25) is 0 Å². The van der Waals surface area contributed by atoms with Gasteiger partial charge in [-0.25, -0.2) is 0 Å². The fourth-order valence-corrected chi connectivity index (χ4v) is 1.63. The maximum Gasteiger partial charge on any atom is 0.200 e. The number of aromatic hydroxyl groups is 5. The minimum absolute atomic E-state index is 0.0731. The summed E-state index contributed by atoms with van der Waals surface area (Å²) in [4.78, 5) is 0. The fourth-order valence-electron chi connectivity index (χ4n) is 1.63. The molecule has 2 aromatic carbocycles. The van der Waals surface area contributed by atoms with Crippen molar-refractivity contribution in [1.82, 2.24) is 0 Å². The Balaban J connectivity index is 2.32. The van der Waals surface area contributed by atoms with Crippen LogP contribution in [0.25, 0.3) is 12.2 Å². The number of hydrogen-bond acceptors (Lipinski definition) is 5. The Hall–Kier alpha value is -2.82. The summed E-state index contributed by atoms with van der Waals surface area (Å²) >= 11 is 0. The van der Waals surface area contributed by atoms with E-state index in [2.05, 4.69) is 0 Å². The topological polar surface area (TPSA) is 101 Å². The lowest BCUT2D eigenvalue weighted by Crippen LogP contribution is -1.77. The minimum Gasteiger partial charge on any atom is -0.508 e. The second kappa shape index (κ2) is 4.81. The molecule has 0 radical (unpaired) electrons. The summed E-state index contributed by atoms with van der Waals surface area (Å²) in [5.74, 6) is -1.59. The maximum absolute atomic E-state index is 9.34. The molecule has 5 heteroatoms. The van der Waals surface area contributed by atoms with Gasteiger partial charge in [0.25, 0.3) is 0 Å². The number of benzene rings is 2. The molecular formula is C14H12O5. The number of phenols is 5. The summed E-state index contributed by atoms with van der Waals surface area (Å²) in [7, 11) is 0. The lowest BCUT2D eigenvalue weighted by Gasteiger charge is -2.02. The van der Waals surface area contributed by atoms with Crippen LogP contribution >= 0.6 is 0 Å². The van der Waals surface area contributed by atoms with Crippen LogP contribution in [0.15, 0.2) is 30.3 Å². The summed E-state index contributed by atoms with van der Waals surface area (Å²) in [6.45, 7) is 0. The van der Waals surface area contributed by atoms with Gasteiger partial charge in [-0.15, -0.1) is 0 Å². The van der Waals surface area contributed by atoms with Crippen molar-refractivity contribution in [3.8, 4) is 28.7 Å². The lowest BCUT2D eigenvalue weighted by atomic mass is 10.1. The molecule has 0 saturated heterocycles. The van der Waals surface area contributed by atoms with Gasteiger partial charge in [-0.1, -0.05) is 12.2 Å². The van der Waals surface area contributed by atoms with Crippen LogP contribution in [0.3, 0.4) is 0 Å². The molecule has 19 heavy (non-hydrogen) atoms. The first-order valence-corrected chi connectivity index (χ1v) is 5.42. The lowest BCUT2D eigenvalue weighted by molar-refractivity contribution is 0.368. The van der Waals surface area contributed by atoms with E-state index >= 15 is 0 Å². The van der Waals surface area contributed by atoms with Gasteiger partial charge in [0.15, 0.2) is 17.2 Å². The minimum atomic E-state index is -0.577. The average molecular weight is 260 g/mol. The van der Waals surface area contributed by atoms with Crippen LogP contribution in [0.1, 0.15) is 11.1 Å². The molecule has 5 N–H and O–H groups in total. The predicted octanol–water partition coefficient (Wildman–Crippen LogP) is 2.39. The second-order valence-electron chi connectivity index (χ2n) is 4.02. The van der Waals surface area contributed by atoms with E-state index in [1.165, 1.54) is 30.3 Å². The molecule has 98 valence electrons. The molecule has 0 aliphatic heterocycles. The van der Waals surface area contributed by atoms with E-state index < -0.39 is 17.2 Å². The molecule has 0 unspecified atom stereocenters. The van der Waals surface area contributed by atoms with Gasteiger partial charge in [-0.2, -0.15) is 0 Å². The van der Waals surface area contributed by atoms with Crippen molar-refractivity contribution in [1.29, 1.82) is 0 Å². The van der Waals surface area contributed by atoms with Gasteiger partial charge in [0.1, 0.15) is 11.5 Å². The number of phenolic OH excluding ortho intramolecular Hbond substituents is 5. The van der Waals surface area contributed by atoms with E-state index in [-0.39, 0.29) is 11.5 Å². The van der Waals surface area contributed by atoms with Gasteiger partial charge in [0, 0.05) is 6.07 Å². The van der Waals surface area contributed by atoms with E-state index in [0.29, 0.717) is 11.1 Å². The largest absolute Gasteiger partial charge is 0.508 e. The average Bonchev–Trinajstić information content (AvgIpc) is 2.32. The van der Waals surface area contributed by atoms with E-state index in [9.17, 15) is 25.5 Å². The molecule has 2 aromatic rings. The Bertz CT molecular complexity index is 603. The molecule has 0 atom stereocenters. The normalized spacial score (nSPS) is 10.9. The van der Waals surface area contributed by atoms with Crippen LogP contribution in [0.4, 0.5) is 0 Å². The van der Waals surface area contributed by atoms with Gasteiger partial charge in [0.05, 0.1) is 0 Å². The van der Waals surface area contributed by atoms with Crippen molar-refractivity contribution in [2.24, 2.45) is 0 Å². The summed E-state index contributed by atoms with van der Waals surface area (Å²) in [6.07, 6.45) is 3.12. The summed E-state index contributed by atoms with van der Waals surface area (Å²) in [6, 6.07) is 6.63. The first-order chi connectivity index (χ1) is 8.95. The van der Waals surface area contributed by atoms with Gasteiger partial charge >= 0.3 is 0 Å². The first kappa shape index (κ1) is 12.6. The zero-order valence-electron chi connectivity index (χ0n) is 9.78. The molecule has 0 amide bonds. The van der Waals surface area contributed by atoms with Gasteiger partial charge in [-0.3, -0.25) is 0 Å². The highest BCUT2D eigenvalue weighted by atomic mass is 16.3. The Kier molecular flexibility index (Phi) is 3.20. The van der Waals surface area contributed by atoms with Crippen LogP contribution in [-0.2, 0) is 0 Å². The van der Waals surface area contributed by atoms with Crippen molar-refractivity contribution in [2.75, 3.05) is 0 Å². The molecule has 0 aromatic heterocycles.